The van der Waals surface area contributed by atoms with Crippen LogP contribution in [-0.4, -0.2) is 73.2 Å². The summed E-state index contributed by atoms with van der Waals surface area (Å²) in [4.78, 5) is 41.0. The first-order valence-corrected chi connectivity index (χ1v) is 9.01. The van der Waals surface area contributed by atoms with Gasteiger partial charge in [-0.3, -0.25) is 4.79 Å². The van der Waals surface area contributed by atoms with Gasteiger partial charge in [-0.2, -0.15) is 0 Å². The summed E-state index contributed by atoms with van der Waals surface area (Å²) in [6.07, 6.45) is -0.199. The molecule has 0 aliphatic carbocycles. The van der Waals surface area contributed by atoms with Crippen LogP contribution in [0.5, 0.6) is 0 Å². The van der Waals surface area contributed by atoms with E-state index in [1.54, 1.807) is 28.9 Å². The molecule has 146 valence electrons. The first-order chi connectivity index (χ1) is 13.0. The van der Waals surface area contributed by atoms with Crippen molar-refractivity contribution in [3.63, 3.8) is 0 Å². The molecule has 0 spiro atoms. The Kier molecular flexibility index (Phi) is 5.78. The third kappa shape index (κ3) is 4.47. The van der Waals surface area contributed by atoms with E-state index in [0.29, 0.717) is 45.0 Å². The van der Waals surface area contributed by atoms with Crippen LogP contribution in [0.15, 0.2) is 24.3 Å². The van der Waals surface area contributed by atoms with E-state index in [1.165, 1.54) is 17.0 Å². The lowest BCUT2D eigenvalue weighted by Crippen LogP contribution is -2.54. The summed E-state index contributed by atoms with van der Waals surface area (Å²) >= 11 is 0. The summed E-state index contributed by atoms with van der Waals surface area (Å²) in [6.45, 7) is 3.99. The van der Waals surface area contributed by atoms with Crippen LogP contribution in [0.2, 0.25) is 0 Å². The second kappa shape index (κ2) is 8.24. The number of anilines is 1. The van der Waals surface area contributed by atoms with E-state index in [0.717, 1.165) is 0 Å². The Labute approximate surface area is 156 Å². The monoisotopic (exact) mass is 378 g/mol. The minimum atomic E-state index is -0.410. The summed E-state index contributed by atoms with van der Waals surface area (Å²) in [5.74, 6) is -0.565. The van der Waals surface area contributed by atoms with Crippen molar-refractivity contribution in [1.29, 1.82) is 0 Å². The third-order valence-electron chi connectivity index (χ3n) is 4.67. The van der Waals surface area contributed by atoms with Crippen molar-refractivity contribution in [1.82, 2.24) is 15.1 Å². The maximum absolute atomic E-state index is 13.4. The van der Waals surface area contributed by atoms with Crippen molar-refractivity contribution in [2.24, 2.45) is 0 Å². The van der Waals surface area contributed by atoms with Crippen molar-refractivity contribution in [2.45, 2.75) is 19.4 Å². The van der Waals surface area contributed by atoms with Gasteiger partial charge in [0.05, 0.1) is 12.6 Å². The number of piperazine rings is 1. The van der Waals surface area contributed by atoms with Gasteiger partial charge in [-0.1, -0.05) is 6.07 Å². The van der Waals surface area contributed by atoms with Gasteiger partial charge in [0.25, 0.3) is 0 Å². The normalized spacial score (nSPS) is 20.0. The Bertz CT molecular complexity index is 721. The number of ether oxygens (including phenoxy) is 1. The first kappa shape index (κ1) is 18.9. The molecule has 0 unspecified atom stereocenters. The SMILES string of the molecule is CCOC(=O)N1CCN(C(=O)N[C@H]2CC(=O)N(c3cccc(F)c3)C2)CC1. The Balaban J connectivity index is 1.51. The molecule has 1 aromatic rings. The molecule has 2 heterocycles. The zero-order chi connectivity index (χ0) is 19.4. The van der Waals surface area contributed by atoms with Crippen molar-refractivity contribution in [3.8, 4) is 0 Å². The summed E-state index contributed by atoms with van der Waals surface area (Å²) in [7, 11) is 0. The fourth-order valence-electron chi connectivity index (χ4n) is 3.27. The number of hydrogen-bond acceptors (Lipinski definition) is 4. The van der Waals surface area contributed by atoms with E-state index in [1.807, 2.05) is 0 Å². The molecule has 2 fully saturated rings. The van der Waals surface area contributed by atoms with Crippen LogP contribution in [0, 0.1) is 5.82 Å². The van der Waals surface area contributed by atoms with Gasteiger partial charge in [0.2, 0.25) is 5.91 Å². The number of carbonyl (C=O) groups excluding carboxylic acids is 3. The minimum absolute atomic E-state index is 0.155. The second-order valence-electron chi connectivity index (χ2n) is 6.51. The number of rotatable bonds is 3. The smallest absolute Gasteiger partial charge is 0.409 e. The van der Waals surface area contributed by atoms with Crippen LogP contribution in [-0.2, 0) is 9.53 Å². The molecule has 2 aliphatic heterocycles. The van der Waals surface area contributed by atoms with E-state index in [4.69, 9.17) is 4.74 Å². The number of nitrogens with zero attached hydrogens (tertiary/aromatic N) is 3. The maximum Gasteiger partial charge on any atom is 0.409 e. The van der Waals surface area contributed by atoms with Crippen LogP contribution >= 0.6 is 0 Å². The highest BCUT2D eigenvalue weighted by Gasteiger charge is 2.33. The lowest BCUT2D eigenvalue weighted by atomic mass is 10.2. The van der Waals surface area contributed by atoms with Crippen LogP contribution in [0.3, 0.4) is 0 Å². The summed E-state index contributed by atoms with van der Waals surface area (Å²) < 4.78 is 18.3. The van der Waals surface area contributed by atoms with E-state index in [2.05, 4.69) is 5.32 Å². The van der Waals surface area contributed by atoms with Crippen LogP contribution in [0.1, 0.15) is 13.3 Å². The molecule has 8 nitrogen and oxygen atoms in total. The molecule has 0 aromatic heterocycles. The first-order valence-electron chi connectivity index (χ1n) is 9.01. The predicted molar refractivity (Wildman–Crippen MR) is 95.9 cm³/mol. The van der Waals surface area contributed by atoms with E-state index in [-0.39, 0.29) is 30.5 Å². The molecular formula is C18H23FN4O4. The van der Waals surface area contributed by atoms with Crippen molar-refractivity contribution >= 4 is 23.7 Å². The molecular weight excluding hydrogens is 355 g/mol. The third-order valence-corrected chi connectivity index (χ3v) is 4.67. The van der Waals surface area contributed by atoms with Gasteiger partial charge in [0.1, 0.15) is 5.82 Å². The number of amides is 4. The molecule has 27 heavy (non-hydrogen) atoms. The van der Waals surface area contributed by atoms with E-state index < -0.39 is 5.82 Å². The standard InChI is InChI=1S/C18H23FN4O4/c1-2-27-18(26)22-8-6-21(7-9-22)17(25)20-14-11-16(24)23(12-14)15-5-3-4-13(19)10-15/h3-5,10,14H,2,6-9,11-12H2,1H3,(H,20,25)/t14-/m0/s1. The highest BCUT2D eigenvalue weighted by molar-refractivity contribution is 5.96. The fourth-order valence-corrected chi connectivity index (χ4v) is 3.27. The molecule has 9 heteroatoms. The predicted octanol–water partition coefficient (Wildman–Crippen LogP) is 1.41. The average Bonchev–Trinajstić information content (AvgIpc) is 3.02. The Morgan fingerprint density at radius 1 is 1.22 bits per heavy atom. The second-order valence-corrected chi connectivity index (χ2v) is 6.51. The van der Waals surface area contributed by atoms with Gasteiger partial charge >= 0.3 is 12.1 Å². The molecule has 1 N–H and O–H groups in total. The van der Waals surface area contributed by atoms with Crippen LogP contribution in [0.4, 0.5) is 19.7 Å². The highest BCUT2D eigenvalue weighted by Crippen LogP contribution is 2.22. The van der Waals surface area contributed by atoms with Crippen LogP contribution in [0.25, 0.3) is 0 Å². The van der Waals surface area contributed by atoms with Gasteiger partial charge < -0.3 is 24.8 Å². The van der Waals surface area contributed by atoms with E-state index >= 15 is 0 Å². The van der Waals surface area contributed by atoms with Gasteiger partial charge in [-0.15, -0.1) is 0 Å². The highest BCUT2D eigenvalue weighted by atomic mass is 19.1. The summed E-state index contributed by atoms with van der Waals surface area (Å²) in [5.41, 5.74) is 0.486. The molecule has 2 aliphatic rings. The summed E-state index contributed by atoms with van der Waals surface area (Å²) in [6, 6.07) is 5.23. The van der Waals surface area contributed by atoms with Gasteiger partial charge in [-0.05, 0) is 25.1 Å². The molecule has 4 amide bonds. The quantitative estimate of drug-likeness (QED) is 0.862. The maximum atomic E-state index is 13.4. The largest absolute Gasteiger partial charge is 0.450 e. The Hall–Kier alpha value is -2.84. The Morgan fingerprint density at radius 2 is 1.93 bits per heavy atom. The topological polar surface area (TPSA) is 82.2 Å². The molecule has 0 radical (unpaired) electrons. The van der Waals surface area contributed by atoms with Gasteiger partial charge in [0.15, 0.2) is 0 Å². The number of nitrogens with one attached hydrogen (secondary N) is 1. The molecule has 1 aromatic carbocycles. The zero-order valence-corrected chi connectivity index (χ0v) is 15.2. The number of benzene rings is 1. The van der Waals surface area contributed by atoms with E-state index in [9.17, 15) is 18.8 Å². The molecule has 0 saturated carbocycles. The lowest BCUT2D eigenvalue weighted by Gasteiger charge is -2.34. The molecule has 0 bridgehead atoms. The zero-order valence-electron chi connectivity index (χ0n) is 15.2. The summed E-state index contributed by atoms with van der Waals surface area (Å²) in [5, 5.41) is 2.86. The van der Waals surface area contributed by atoms with Crippen molar-refractivity contribution in [3.05, 3.63) is 30.1 Å². The Morgan fingerprint density at radius 3 is 2.59 bits per heavy atom. The number of halogens is 1. The number of carbonyl (C=O) groups is 3. The average molecular weight is 378 g/mol. The van der Waals surface area contributed by atoms with Crippen molar-refractivity contribution < 1.29 is 23.5 Å². The minimum Gasteiger partial charge on any atom is -0.450 e. The van der Waals surface area contributed by atoms with Gasteiger partial charge in [0, 0.05) is 44.8 Å². The number of urea groups is 1. The molecule has 3 rings (SSSR count). The molecule has 2 saturated heterocycles. The number of hydrogen-bond donors (Lipinski definition) is 1. The fraction of sp³-hybridized carbons (Fsp3) is 0.500. The lowest BCUT2D eigenvalue weighted by molar-refractivity contribution is -0.117. The van der Waals surface area contributed by atoms with Crippen molar-refractivity contribution in [2.75, 3.05) is 44.2 Å². The molecule has 1 atom stereocenters. The van der Waals surface area contributed by atoms with Gasteiger partial charge in [-0.25, -0.2) is 14.0 Å². The van der Waals surface area contributed by atoms with Crippen LogP contribution < -0.4 is 10.2 Å².